The van der Waals surface area contributed by atoms with E-state index in [9.17, 15) is 8.42 Å². The molecular formula is C11H16N2O3S. The summed E-state index contributed by atoms with van der Waals surface area (Å²) in [5, 5.41) is 0. The molecule has 0 spiro atoms. The molecule has 1 aliphatic heterocycles. The molecule has 5 nitrogen and oxygen atoms in total. The number of benzene rings is 1. The molecule has 1 atom stereocenters. The zero-order valence-corrected chi connectivity index (χ0v) is 10.5. The van der Waals surface area contributed by atoms with Crippen molar-refractivity contribution in [3.63, 3.8) is 0 Å². The number of hydrogen-bond acceptors (Lipinski definition) is 4. The molecule has 0 aliphatic carbocycles. The maximum Gasteiger partial charge on any atom is 0.241 e. The lowest BCUT2D eigenvalue weighted by atomic mass is 10.0. The third-order valence-electron chi connectivity index (χ3n) is 2.77. The first-order valence-electron chi connectivity index (χ1n) is 5.39. The fraction of sp³-hybridized carbons (Fsp3) is 0.455. The lowest BCUT2D eigenvalue weighted by molar-refractivity contribution is 0.178. The van der Waals surface area contributed by atoms with Crippen LogP contribution in [0.3, 0.4) is 0 Å². The van der Waals surface area contributed by atoms with Crippen molar-refractivity contribution < 1.29 is 13.2 Å². The monoisotopic (exact) mass is 256 g/mol. The lowest BCUT2D eigenvalue weighted by Crippen LogP contribution is -2.46. The molecule has 0 amide bonds. The summed E-state index contributed by atoms with van der Waals surface area (Å²) < 4.78 is 32.1. The largest absolute Gasteiger partial charge is 0.399 e. The molecule has 94 valence electrons. The molecular weight excluding hydrogens is 240 g/mol. The first kappa shape index (κ1) is 12.3. The highest BCUT2D eigenvalue weighted by molar-refractivity contribution is 7.89. The Bertz CT molecular complexity index is 507. The Balaban J connectivity index is 2.25. The highest BCUT2D eigenvalue weighted by Gasteiger charge is 2.34. The van der Waals surface area contributed by atoms with Crippen LogP contribution in [-0.4, -0.2) is 27.2 Å². The van der Waals surface area contributed by atoms with Gasteiger partial charge < -0.3 is 10.5 Å². The van der Waals surface area contributed by atoms with Crippen LogP contribution in [-0.2, 0) is 14.8 Å². The molecule has 3 N–H and O–H groups in total. The minimum atomic E-state index is -3.53. The zero-order valence-electron chi connectivity index (χ0n) is 9.64. The van der Waals surface area contributed by atoms with Gasteiger partial charge in [0.2, 0.25) is 10.0 Å². The van der Waals surface area contributed by atoms with E-state index >= 15 is 0 Å². The molecule has 1 unspecified atom stereocenters. The SMILES string of the molecule is CC1(NS(=O)(=O)c2cccc(N)c2)CCOC1. The smallest absolute Gasteiger partial charge is 0.241 e. The Kier molecular flexibility index (Phi) is 3.11. The number of nitrogens with two attached hydrogens (primary N) is 1. The second kappa shape index (κ2) is 4.29. The summed E-state index contributed by atoms with van der Waals surface area (Å²) in [5.74, 6) is 0. The molecule has 0 bridgehead atoms. The predicted octanol–water partition coefficient (Wildman–Crippen LogP) is 0.726. The van der Waals surface area contributed by atoms with Crippen molar-refractivity contribution in [3.05, 3.63) is 24.3 Å². The summed E-state index contributed by atoms with van der Waals surface area (Å²) >= 11 is 0. The van der Waals surface area contributed by atoms with Crippen molar-refractivity contribution in [2.45, 2.75) is 23.8 Å². The van der Waals surface area contributed by atoms with E-state index in [1.165, 1.54) is 12.1 Å². The lowest BCUT2D eigenvalue weighted by Gasteiger charge is -2.23. The van der Waals surface area contributed by atoms with Gasteiger partial charge in [-0.15, -0.1) is 0 Å². The zero-order chi connectivity index (χ0) is 12.5. The van der Waals surface area contributed by atoms with E-state index in [1.54, 1.807) is 12.1 Å². The molecule has 1 aromatic carbocycles. The van der Waals surface area contributed by atoms with Crippen LogP contribution in [0.1, 0.15) is 13.3 Å². The molecule has 0 saturated carbocycles. The molecule has 1 fully saturated rings. The summed E-state index contributed by atoms with van der Waals surface area (Å²) in [6, 6.07) is 6.25. The van der Waals surface area contributed by atoms with E-state index in [2.05, 4.69) is 4.72 Å². The molecule has 1 aliphatic rings. The quantitative estimate of drug-likeness (QED) is 0.781. The van der Waals surface area contributed by atoms with Crippen LogP contribution >= 0.6 is 0 Å². The van der Waals surface area contributed by atoms with E-state index in [-0.39, 0.29) is 4.90 Å². The van der Waals surface area contributed by atoms with Crippen molar-refractivity contribution in [2.24, 2.45) is 0 Å². The van der Waals surface area contributed by atoms with Gasteiger partial charge in [-0.1, -0.05) is 6.07 Å². The van der Waals surface area contributed by atoms with Gasteiger partial charge in [0.15, 0.2) is 0 Å². The van der Waals surface area contributed by atoms with E-state index < -0.39 is 15.6 Å². The summed E-state index contributed by atoms with van der Waals surface area (Å²) in [7, 11) is -3.53. The molecule has 1 heterocycles. The normalized spacial score (nSPS) is 25.0. The summed E-state index contributed by atoms with van der Waals surface area (Å²) in [4.78, 5) is 0.186. The Morgan fingerprint density at radius 2 is 2.24 bits per heavy atom. The predicted molar refractivity (Wildman–Crippen MR) is 65.0 cm³/mol. The number of nitrogen functional groups attached to an aromatic ring is 1. The van der Waals surface area contributed by atoms with Gasteiger partial charge in [-0.3, -0.25) is 0 Å². The fourth-order valence-electron chi connectivity index (χ4n) is 1.81. The van der Waals surface area contributed by atoms with Crippen LogP contribution in [0.25, 0.3) is 0 Å². The number of nitrogens with one attached hydrogen (secondary N) is 1. The van der Waals surface area contributed by atoms with Crippen molar-refractivity contribution in [1.82, 2.24) is 4.72 Å². The van der Waals surface area contributed by atoms with Gasteiger partial charge in [0, 0.05) is 12.3 Å². The number of sulfonamides is 1. The van der Waals surface area contributed by atoms with Crippen molar-refractivity contribution in [1.29, 1.82) is 0 Å². The van der Waals surface area contributed by atoms with Gasteiger partial charge in [-0.25, -0.2) is 13.1 Å². The first-order chi connectivity index (χ1) is 7.91. The fourth-order valence-corrected chi connectivity index (χ4v) is 3.29. The molecule has 1 aromatic rings. The van der Waals surface area contributed by atoms with Crippen LogP contribution < -0.4 is 10.5 Å². The minimum Gasteiger partial charge on any atom is -0.399 e. The second-order valence-electron chi connectivity index (χ2n) is 4.54. The summed E-state index contributed by atoms with van der Waals surface area (Å²) in [6.07, 6.45) is 0.675. The average molecular weight is 256 g/mol. The van der Waals surface area contributed by atoms with Gasteiger partial charge >= 0.3 is 0 Å². The molecule has 6 heteroatoms. The summed E-state index contributed by atoms with van der Waals surface area (Å²) in [5.41, 5.74) is 5.49. The van der Waals surface area contributed by atoms with Gasteiger partial charge in [-0.2, -0.15) is 0 Å². The number of rotatable bonds is 3. The van der Waals surface area contributed by atoms with Gasteiger partial charge in [0.25, 0.3) is 0 Å². The van der Waals surface area contributed by atoms with E-state index in [0.29, 0.717) is 25.3 Å². The third-order valence-corrected chi connectivity index (χ3v) is 4.40. The Morgan fingerprint density at radius 3 is 2.82 bits per heavy atom. The molecule has 0 aromatic heterocycles. The maximum atomic E-state index is 12.1. The van der Waals surface area contributed by atoms with E-state index in [1.807, 2.05) is 6.92 Å². The Labute approximate surface area is 101 Å². The van der Waals surface area contributed by atoms with E-state index in [4.69, 9.17) is 10.5 Å². The first-order valence-corrected chi connectivity index (χ1v) is 6.87. The maximum absolute atomic E-state index is 12.1. The number of ether oxygens (including phenoxy) is 1. The van der Waals surface area contributed by atoms with Crippen molar-refractivity contribution >= 4 is 15.7 Å². The second-order valence-corrected chi connectivity index (χ2v) is 6.22. The molecule has 2 rings (SSSR count). The molecule has 1 saturated heterocycles. The van der Waals surface area contributed by atoms with Crippen LogP contribution in [0.4, 0.5) is 5.69 Å². The molecule has 17 heavy (non-hydrogen) atoms. The Morgan fingerprint density at radius 1 is 1.47 bits per heavy atom. The standard InChI is InChI=1S/C11H16N2O3S/c1-11(5-6-16-8-11)13-17(14,15)10-4-2-3-9(12)7-10/h2-4,7,13H,5-6,8,12H2,1H3. The van der Waals surface area contributed by atoms with Crippen LogP contribution in [0.15, 0.2) is 29.2 Å². The summed E-state index contributed by atoms with van der Waals surface area (Å²) in [6.45, 7) is 2.81. The van der Waals surface area contributed by atoms with E-state index in [0.717, 1.165) is 0 Å². The van der Waals surface area contributed by atoms with Crippen LogP contribution in [0.5, 0.6) is 0 Å². The number of anilines is 1. The van der Waals surface area contributed by atoms with Crippen molar-refractivity contribution in [2.75, 3.05) is 18.9 Å². The minimum absolute atomic E-state index is 0.186. The van der Waals surface area contributed by atoms with Gasteiger partial charge in [0.1, 0.15) is 0 Å². The average Bonchev–Trinajstić information content (AvgIpc) is 2.64. The van der Waals surface area contributed by atoms with Crippen molar-refractivity contribution in [3.8, 4) is 0 Å². The number of hydrogen-bond donors (Lipinski definition) is 2. The van der Waals surface area contributed by atoms with Gasteiger partial charge in [-0.05, 0) is 31.5 Å². The van der Waals surface area contributed by atoms with Crippen LogP contribution in [0, 0.1) is 0 Å². The van der Waals surface area contributed by atoms with Gasteiger partial charge in [0.05, 0.1) is 17.0 Å². The Hall–Kier alpha value is -1.11. The van der Waals surface area contributed by atoms with Crippen LogP contribution in [0.2, 0.25) is 0 Å². The highest BCUT2D eigenvalue weighted by atomic mass is 32.2. The topological polar surface area (TPSA) is 81.4 Å². The molecule has 0 radical (unpaired) electrons. The third kappa shape index (κ3) is 2.77. The highest BCUT2D eigenvalue weighted by Crippen LogP contribution is 2.21.